The summed E-state index contributed by atoms with van der Waals surface area (Å²) >= 11 is 1.41. The van der Waals surface area contributed by atoms with Crippen LogP contribution >= 0.6 is 11.8 Å². The third-order valence-corrected chi connectivity index (χ3v) is 3.56. The van der Waals surface area contributed by atoms with Gasteiger partial charge >= 0.3 is 0 Å². The molecular formula is C13H15FN2OS. The summed E-state index contributed by atoms with van der Waals surface area (Å²) in [5.74, 6) is 0.583. The van der Waals surface area contributed by atoms with E-state index < -0.39 is 0 Å². The van der Waals surface area contributed by atoms with Crippen molar-refractivity contribution >= 4 is 11.8 Å². The van der Waals surface area contributed by atoms with Gasteiger partial charge in [0.25, 0.3) is 5.22 Å². The number of hydrogen-bond donors (Lipinski definition) is 1. The van der Waals surface area contributed by atoms with E-state index in [1.165, 1.54) is 23.9 Å². The number of nitrogens with one attached hydrogen (secondary N) is 1. The largest absolute Gasteiger partial charge is 0.436 e. The molecule has 2 aromatic rings. The molecule has 0 amide bonds. The minimum Gasteiger partial charge on any atom is -0.436 e. The normalized spacial score (nSPS) is 10.9. The second-order valence-corrected chi connectivity index (χ2v) is 5.00. The zero-order chi connectivity index (χ0) is 13.1. The van der Waals surface area contributed by atoms with Gasteiger partial charge in [-0.05, 0) is 56.4 Å². The van der Waals surface area contributed by atoms with Crippen molar-refractivity contribution in [3.63, 3.8) is 0 Å². The van der Waals surface area contributed by atoms with E-state index in [4.69, 9.17) is 4.42 Å². The Morgan fingerprint density at radius 2 is 2.17 bits per heavy atom. The topological polar surface area (TPSA) is 38.1 Å². The van der Waals surface area contributed by atoms with Crippen molar-refractivity contribution in [2.24, 2.45) is 0 Å². The zero-order valence-electron chi connectivity index (χ0n) is 10.6. The van der Waals surface area contributed by atoms with Gasteiger partial charge in [0.05, 0.1) is 5.69 Å². The van der Waals surface area contributed by atoms with Crippen molar-refractivity contribution < 1.29 is 8.81 Å². The van der Waals surface area contributed by atoms with Crippen molar-refractivity contribution in [1.29, 1.82) is 0 Å². The second kappa shape index (κ2) is 5.54. The Morgan fingerprint density at radius 1 is 1.39 bits per heavy atom. The summed E-state index contributed by atoms with van der Waals surface area (Å²) in [7, 11) is 1.83. The van der Waals surface area contributed by atoms with Gasteiger partial charge in [-0.1, -0.05) is 0 Å². The van der Waals surface area contributed by atoms with Crippen LogP contribution in [0.5, 0.6) is 0 Å². The van der Waals surface area contributed by atoms with Crippen LogP contribution in [0.1, 0.15) is 17.0 Å². The number of benzene rings is 1. The molecule has 0 saturated carbocycles. The molecule has 2 rings (SSSR count). The smallest absolute Gasteiger partial charge is 0.261 e. The van der Waals surface area contributed by atoms with E-state index in [1.54, 1.807) is 6.07 Å². The molecule has 0 saturated heterocycles. The van der Waals surface area contributed by atoms with E-state index in [2.05, 4.69) is 10.3 Å². The van der Waals surface area contributed by atoms with Gasteiger partial charge in [-0.15, -0.1) is 0 Å². The minimum atomic E-state index is -0.232. The van der Waals surface area contributed by atoms with Crippen molar-refractivity contribution in [2.45, 2.75) is 30.5 Å². The molecule has 3 nitrogen and oxygen atoms in total. The summed E-state index contributed by atoms with van der Waals surface area (Å²) in [5, 5.41) is 3.61. The lowest BCUT2D eigenvalue weighted by molar-refractivity contribution is 0.431. The number of aryl methyl sites for hydroxylation is 2. The average Bonchev–Trinajstić information content (AvgIpc) is 2.62. The predicted octanol–water partition coefficient (Wildman–Crippen LogP) is 3.30. The molecule has 1 heterocycles. The number of halogens is 1. The van der Waals surface area contributed by atoms with Crippen LogP contribution in [0.15, 0.2) is 32.7 Å². The summed E-state index contributed by atoms with van der Waals surface area (Å²) in [4.78, 5) is 5.26. The maximum atomic E-state index is 13.2. The van der Waals surface area contributed by atoms with Gasteiger partial charge in [-0.3, -0.25) is 0 Å². The fourth-order valence-electron chi connectivity index (χ4n) is 1.56. The minimum absolute atomic E-state index is 0.232. The fraction of sp³-hybridized carbons (Fsp3) is 0.308. The van der Waals surface area contributed by atoms with E-state index >= 15 is 0 Å². The Balaban J connectivity index is 2.27. The summed E-state index contributed by atoms with van der Waals surface area (Å²) in [6.45, 7) is 4.40. The van der Waals surface area contributed by atoms with E-state index in [0.717, 1.165) is 21.9 Å². The van der Waals surface area contributed by atoms with Crippen molar-refractivity contribution in [2.75, 3.05) is 7.05 Å². The zero-order valence-corrected chi connectivity index (χ0v) is 11.4. The third-order valence-electron chi connectivity index (χ3n) is 2.60. The number of hydrogen-bond acceptors (Lipinski definition) is 4. The highest BCUT2D eigenvalue weighted by Crippen LogP contribution is 2.31. The highest BCUT2D eigenvalue weighted by atomic mass is 32.2. The number of aromatic nitrogens is 1. The van der Waals surface area contributed by atoms with Gasteiger partial charge in [-0.25, -0.2) is 9.37 Å². The predicted molar refractivity (Wildman–Crippen MR) is 69.3 cm³/mol. The molecule has 0 radical (unpaired) electrons. The molecule has 96 valence electrons. The van der Waals surface area contributed by atoms with Crippen LogP contribution in [0.25, 0.3) is 0 Å². The van der Waals surface area contributed by atoms with Crippen LogP contribution in [-0.2, 0) is 6.54 Å². The highest BCUT2D eigenvalue weighted by Gasteiger charge is 2.11. The fourth-order valence-corrected chi connectivity index (χ4v) is 2.49. The molecule has 1 N–H and O–H groups in total. The summed E-state index contributed by atoms with van der Waals surface area (Å²) in [5.41, 5.74) is 1.78. The van der Waals surface area contributed by atoms with Crippen LogP contribution < -0.4 is 5.32 Å². The van der Waals surface area contributed by atoms with Crippen LogP contribution in [-0.4, -0.2) is 12.0 Å². The molecule has 1 aromatic heterocycles. The Hall–Kier alpha value is -1.33. The average molecular weight is 266 g/mol. The van der Waals surface area contributed by atoms with Crippen molar-refractivity contribution in [3.8, 4) is 0 Å². The van der Waals surface area contributed by atoms with Crippen LogP contribution in [0.4, 0.5) is 4.39 Å². The van der Waals surface area contributed by atoms with Gasteiger partial charge in [0.1, 0.15) is 11.6 Å². The van der Waals surface area contributed by atoms with E-state index in [1.807, 2.05) is 20.9 Å². The van der Waals surface area contributed by atoms with E-state index in [0.29, 0.717) is 11.8 Å². The van der Waals surface area contributed by atoms with Crippen LogP contribution in [0.3, 0.4) is 0 Å². The first-order valence-corrected chi connectivity index (χ1v) is 6.46. The lowest BCUT2D eigenvalue weighted by atomic mass is 10.2. The van der Waals surface area contributed by atoms with E-state index in [9.17, 15) is 4.39 Å². The summed E-state index contributed by atoms with van der Waals surface area (Å²) in [6.07, 6.45) is 0. The van der Waals surface area contributed by atoms with Gasteiger partial charge in [0, 0.05) is 11.4 Å². The van der Waals surface area contributed by atoms with Crippen LogP contribution in [0, 0.1) is 19.7 Å². The second-order valence-electron chi connectivity index (χ2n) is 4.01. The van der Waals surface area contributed by atoms with E-state index in [-0.39, 0.29) is 5.82 Å². The molecule has 5 heteroatoms. The van der Waals surface area contributed by atoms with Gasteiger partial charge < -0.3 is 9.73 Å². The Bertz CT molecular complexity index is 534. The van der Waals surface area contributed by atoms with Gasteiger partial charge in [-0.2, -0.15) is 0 Å². The number of nitrogens with zero attached hydrogens (tertiary/aromatic N) is 1. The number of oxazole rings is 1. The summed E-state index contributed by atoms with van der Waals surface area (Å²) < 4.78 is 18.7. The first-order valence-electron chi connectivity index (χ1n) is 5.65. The molecule has 0 aliphatic heterocycles. The maximum absolute atomic E-state index is 13.2. The maximum Gasteiger partial charge on any atom is 0.261 e. The molecule has 18 heavy (non-hydrogen) atoms. The first-order chi connectivity index (χ1) is 8.60. The monoisotopic (exact) mass is 266 g/mol. The van der Waals surface area contributed by atoms with Crippen LogP contribution in [0.2, 0.25) is 0 Å². The lowest BCUT2D eigenvalue weighted by Gasteiger charge is -2.06. The highest BCUT2D eigenvalue weighted by molar-refractivity contribution is 7.99. The molecule has 0 unspecified atom stereocenters. The standard InChI is InChI=1S/C13H15FN2OS/c1-8-9(2)17-13(16-8)18-12-5-4-11(14)6-10(12)7-15-3/h4-6,15H,7H2,1-3H3. The van der Waals surface area contributed by atoms with Crippen molar-refractivity contribution in [1.82, 2.24) is 10.3 Å². The molecule has 0 fully saturated rings. The Labute approximate surface area is 110 Å². The van der Waals surface area contributed by atoms with Gasteiger partial charge in [0.2, 0.25) is 0 Å². The molecule has 0 aliphatic rings. The van der Waals surface area contributed by atoms with Crippen molar-refractivity contribution in [3.05, 3.63) is 41.0 Å². The molecule has 0 atom stereocenters. The lowest BCUT2D eigenvalue weighted by Crippen LogP contribution is -2.06. The first kappa shape index (κ1) is 13.1. The Morgan fingerprint density at radius 3 is 2.78 bits per heavy atom. The molecular weight excluding hydrogens is 251 g/mol. The molecule has 1 aromatic carbocycles. The van der Waals surface area contributed by atoms with Gasteiger partial charge in [0.15, 0.2) is 0 Å². The number of rotatable bonds is 4. The Kier molecular flexibility index (Phi) is 4.04. The molecule has 0 bridgehead atoms. The quantitative estimate of drug-likeness (QED) is 0.921. The SMILES string of the molecule is CNCc1cc(F)ccc1Sc1nc(C)c(C)o1. The third kappa shape index (κ3) is 2.91. The summed E-state index contributed by atoms with van der Waals surface area (Å²) in [6, 6.07) is 4.73. The molecule has 0 aliphatic carbocycles. The molecule has 0 spiro atoms.